The van der Waals surface area contributed by atoms with Gasteiger partial charge in [0, 0.05) is 23.7 Å². The molecule has 0 bridgehead atoms. The first-order valence-corrected chi connectivity index (χ1v) is 11.9. The van der Waals surface area contributed by atoms with Gasteiger partial charge >= 0.3 is 0 Å². The van der Waals surface area contributed by atoms with E-state index in [1.165, 1.54) is 23.9 Å². The van der Waals surface area contributed by atoms with Gasteiger partial charge in [0.15, 0.2) is 12.1 Å². The summed E-state index contributed by atoms with van der Waals surface area (Å²) in [6, 6.07) is 7.45. The lowest BCUT2D eigenvalue weighted by atomic mass is 10.2. The molecule has 0 saturated carbocycles. The van der Waals surface area contributed by atoms with Gasteiger partial charge in [0.1, 0.15) is 10.8 Å². The number of rotatable bonds is 7. The van der Waals surface area contributed by atoms with Crippen LogP contribution in [0.3, 0.4) is 0 Å². The van der Waals surface area contributed by atoms with Crippen molar-refractivity contribution in [2.45, 2.75) is 16.7 Å². The number of halogens is 3. The molecular formula is C22H17Cl2FN8OS. The molecule has 0 N–H and O–H groups in total. The second-order valence-electron chi connectivity index (χ2n) is 7.93. The van der Waals surface area contributed by atoms with E-state index in [0.717, 1.165) is 12.8 Å². The van der Waals surface area contributed by atoms with Gasteiger partial charge in [-0.05, 0) is 66.6 Å². The summed E-state index contributed by atoms with van der Waals surface area (Å²) in [6.45, 7) is 1.29. The number of hydrogen-bond acceptors (Lipinski definition) is 8. The number of likely N-dealkylation sites (N-methyl/N-ethyl adjacent to an activating group) is 1. The number of aromatic nitrogens is 7. The number of aldehydes is 1. The van der Waals surface area contributed by atoms with Crippen molar-refractivity contribution in [1.82, 2.24) is 39.6 Å². The minimum Gasteiger partial charge on any atom is -0.308 e. The molecule has 178 valence electrons. The summed E-state index contributed by atoms with van der Waals surface area (Å²) in [5.74, 6) is -0.0774. The van der Waals surface area contributed by atoms with Gasteiger partial charge in [-0.3, -0.25) is 9.36 Å². The highest BCUT2D eigenvalue weighted by Crippen LogP contribution is 2.35. The van der Waals surface area contributed by atoms with E-state index in [1.807, 2.05) is 19.0 Å². The normalized spacial score (nSPS) is 11.7. The van der Waals surface area contributed by atoms with Crippen LogP contribution in [0.1, 0.15) is 10.4 Å². The van der Waals surface area contributed by atoms with E-state index in [-0.39, 0.29) is 0 Å². The van der Waals surface area contributed by atoms with E-state index < -0.39 is 5.82 Å². The van der Waals surface area contributed by atoms with Crippen molar-refractivity contribution < 1.29 is 9.18 Å². The number of carbonyl (C=O) groups is 1. The van der Waals surface area contributed by atoms with Crippen LogP contribution in [0.15, 0.2) is 46.7 Å². The van der Waals surface area contributed by atoms with Gasteiger partial charge in [0.25, 0.3) is 0 Å². The molecule has 9 nitrogen and oxygen atoms in total. The average molecular weight is 531 g/mol. The van der Waals surface area contributed by atoms with Gasteiger partial charge in [-0.1, -0.05) is 23.2 Å². The standard InChI is InChI=1S/C22H17Cl2FN8OS/c1-31(2)5-6-33-22(28-29-30-33)35-21-20(26-17-8-15(23)16(24)9-18(17)27-21)32-10-12(11-34)14-4-3-13(25)7-19(14)32/h3-4,7-11H,5-6H2,1-2H3. The summed E-state index contributed by atoms with van der Waals surface area (Å²) in [7, 11) is 3.92. The maximum absolute atomic E-state index is 14.2. The quantitative estimate of drug-likeness (QED) is 0.283. The van der Waals surface area contributed by atoms with Crippen molar-refractivity contribution in [3.63, 3.8) is 0 Å². The van der Waals surface area contributed by atoms with Gasteiger partial charge in [-0.15, -0.1) is 5.10 Å². The summed E-state index contributed by atoms with van der Waals surface area (Å²) >= 11 is 13.6. The van der Waals surface area contributed by atoms with Crippen molar-refractivity contribution in [3.8, 4) is 5.82 Å². The van der Waals surface area contributed by atoms with E-state index in [2.05, 4.69) is 15.5 Å². The van der Waals surface area contributed by atoms with Crippen molar-refractivity contribution in [1.29, 1.82) is 0 Å². The molecule has 0 spiro atoms. The summed E-state index contributed by atoms with van der Waals surface area (Å²) in [5, 5.41) is 14.2. The largest absolute Gasteiger partial charge is 0.308 e. The van der Waals surface area contributed by atoms with Gasteiger partial charge in [0.05, 0.1) is 33.1 Å². The first-order valence-electron chi connectivity index (χ1n) is 10.4. The third-order valence-corrected chi connectivity index (χ3v) is 6.92. The van der Waals surface area contributed by atoms with E-state index in [4.69, 9.17) is 33.2 Å². The maximum atomic E-state index is 14.2. The highest BCUT2D eigenvalue weighted by atomic mass is 35.5. The fourth-order valence-corrected chi connectivity index (χ4v) is 4.72. The molecule has 35 heavy (non-hydrogen) atoms. The fourth-order valence-electron chi connectivity index (χ4n) is 3.54. The van der Waals surface area contributed by atoms with Crippen LogP contribution in [0.4, 0.5) is 4.39 Å². The Labute approximate surface area is 212 Å². The summed E-state index contributed by atoms with van der Waals surface area (Å²) in [6.07, 6.45) is 2.32. The Morgan fingerprint density at radius 1 is 1.11 bits per heavy atom. The Kier molecular flexibility index (Phi) is 6.41. The summed E-state index contributed by atoms with van der Waals surface area (Å²) in [4.78, 5) is 23.3. The SMILES string of the molecule is CN(C)CCn1nnnc1Sc1nc2cc(Cl)c(Cl)cc2nc1-n1cc(C=O)c2ccc(F)cc21. The van der Waals surface area contributed by atoms with Crippen LogP contribution in [0.5, 0.6) is 0 Å². The number of benzene rings is 2. The second-order valence-corrected chi connectivity index (χ2v) is 9.70. The zero-order valence-corrected chi connectivity index (χ0v) is 20.8. The molecule has 13 heteroatoms. The Hall–Kier alpha value is -3.12. The van der Waals surface area contributed by atoms with Crippen LogP contribution in [-0.2, 0) is 6.54 Å². The number of tetrazole rings is 1. The van der Waals surface area contributed by atoms with Gasteiger partial charge in [-0.25, -0.2) is 19.0 Å². The third-order valence-electron chi connectivity index (χ3n) is 5.26. The van der Waals surface area contributed by atoms with Crippen LogP contribution < -0.4 is 0 Å². The van der Waals surface area contributed by atoms with E-state index >= 15 is 0 Å². The summed E-state index contributed by atoms with van der Waals surface area (Å²) in [5.41, 5.74) is 1.85. The predicted molar refractivity (Wildman–Crippen MR) is 132 cm³/mol. The highest BCUT2D eigenvalue weighted by molar-refractivity contribution is 7.99. The molecule has 5 aromatic rings. The molecule has 0 atom stereocenters. The number of carbonyl (C=O) groups excluding carboxylic acids is 1. The second kappa shape index (κ2) is 9.50. The van der Waals surface area contributed by atoms with E-state index in [1.54, 1.807) is 33.6 Å². The fraction of sp³-hybridized carbons (Fsp3) is 0.182. The molecule has 3 heterocycles. The van der Waals surface area contributed by atoms with Crippen LogP contribution >= 0.6 is 35.0 Å². The third kappa shape index (κ3) is 4.59. The molecule has 0 fully saturated rings. The number of nitrogens with zero attached hydrogens (tertiary/aromatic N) is 8. The first-order chi connectivity index (χ1) is 16.8. The maximum Gasteiger partial charge on any atom is 0.215 e. The van der Waals surface area contributed by atoms with Crippen LogP contribution in [-0.4, -0.2) is 66.6 Å². The van der Waals surface area contributed by atoms with Crippen LogP contribution in [0, 0.1) is 5.82 Å². The molecule has 0 aliphatic rings. The first kappa shape index (κ1) is 23.6. The number of hydrogen-bond donors (Lipinski definition) is 0. The lowest BCUT2D eigenvalue weighted by Gasteiger charge is -2.13. The van der Waals surface area contributed by atoms with Crippen LogP contribution in [0.25, 0.3) is 27.8 Å². The average Bonchev–Trinajstić information content (AvgIpc) is 3.42. The molecular weight excluding hydrogens is 514 g/mol. The number of fused-ring (bicyclic) bond motifs is 2. The molecule has 5 rings (SSSR count). The van der Waals surface area contributed by atoms with E-state index in [9.17, 15) is 9.18 Å². The molecule has 2 aromatic carbocycles. The highest BCUT2D eigenvalue weighted by Gasteiger charge is 2.20. The molecule has 0 aliphatic carbocycles. The molecule has 0 unspecified atom stereocenters. The Morgan fingerprint density at radius 3 is 2.57 bits per heavy atom. The van der Waals surface area contributed by atoms with Crippen molar-refractivity contribution in [3.05, 3.63) is 58.0 Å². The monoisotopic (exact) mass is 530 g/mol. The van der Waals surface area contributed by atoms with Crippen LogP contribution in [0.2, 0.25) is 10.0 Å². The minimum absolute atomic E-state index is 0.324. The lowest BCUT2D eigenvalue weighted by Crippen LogP contribution is -2.19. The van der Waals surface area contributed by atoms with Crippen molar-refractivity contribution in [2.75, 3.05) is 20.6 Å². The molecule has 0 radical (unpaired) electrons. The Bertz CT molecular complexity index is 1590. The smallest absolute Gasteiger partial charge is 0.215 e. The molecule has 0 amide bonds. The van der Waals surface area contributed by atoms with Gasteiger partial charge in [0.2, 0.25) is 5.16 Å². The zero-order chi connectivity index (χ0) is 24.7. The minimum atomic E-state index is -0.445. The Morgan fingerprint density at radius 2 is 1.86 bits per heavy atom. The van der Waals surface area contributed by atoms with Crippen molar-refractivity contribution in [2.24, 2.45) is 0 Å². The molecule has 0 saturated heterocycles. The zero-order valence-electron chi connectivity index (χ0n) is 18.5. The molecule has 3 aromatic heterocycles. The molecule has 0 aliphatic heterocycles. The van der Waals surface area contributed by atoms with Gasteiger partial charge in [-0.2, -0.15) is 0 Å². The van der Waals surface area contributed by atoms with Crippen molar-refractivity contribution >= 4 is 63.2 Å². The van der Waals surface area contributed by atoms with E-state index in [0.29, 0.717) is 60.1 Å². The topological polar surface area (TPSA) is 94.6 Å². The Balaban J connectivity index is 1.72. The summed E-state index contributed by atoms with van der Waals surface area (Å²) < 4.78 is 17.5. The van der Waals surface area contributed by atoms with Gasteiger partial charge < -0.3 is 4.90 Å². The predicted octanol–water partition coefficient (Wildman–Crippen LogP) is 4.53. The lowest BCUT2D eigenvalue weighted by molar-refractivity contribution is 0.112.